The third kappa shape index (κ3) is 2.88. The normalized spacial score (nSPS) is 18.5. The number of benzene rings is 2. The standard InChI is InChI=1S/C20H17N3O5/c1-23-19(24)14(8-12-2-4-16-17(9-12)28-11-27-16)22-20(23)21-13-3-5-15-18(10-13)26-7-6-25-15/h2-5,8-10H,6-7,11H2,1H3,(H,21,22)/b14-8+. The summed E-state index contributed by atoms with van der Waals surface area (Å²) in [4.78, 5) is 18.5. The number of fused-ring (bicyclic) bond motifs is 2. The summed E-state index contributed by atoms with van der Waals surface area (Å²) in [5, 5.41) is 3.16. The first-order chi connectivity index (χ1) is 13.7. The van der Waals surface area contributed by atoms with E-state index in [9.17, 15) is 4.79 Å². The van der Waals surface area contributed by atoms with Gasteiger partial charge in [-0.2, -0.15) is 0 Å². The molecule has 8 nitrogen and oxygen atoms in total. The van der Waals surface area contributed by atoms with E-state index in [2.05, 4.69) is 10.3 Å². The maximum atomic E-state index is 12.6. The first-order valence-corrected chi connectivity index (χ1v) is 8.82. The van der Waals surface area contributed by atoms with E-state index in [1.54, 1.807) is 13.1 Å². The van der Waals surface area contributed by atoms with Crippen molar-refractivity contribution in [1.82, 2.24) is 4.90 Å². The highest BCUT2D eigenvalue weighted by Gasteiger charge is 2.27. The molecule has 2 aromatic carbocycles. The number of carbonyl (C=O) groups excluding carboxylic acids is 1. The maximum absolute atomic E-state index is 12.6. The quantitative estimate of drug-likeness (QED) is 0.808. The van der Waals surface area contributed by atoms with Crippen LogP contribution < -0.4 is 24.3 Å². The molecule has 5 rings (SSSR count). The van der Waals surface area contributed by atoms with Gasteiger partial charge in [-0.3, -0.25) is 9.69 Å². The van der Waals surface area contributed by atoms with E-state index in [1.165, 1.54) is 4.90 Å². The number of hydrogen-bond acceptors (Lipinski definition) is 7. The van der Waals surface area contributed by atoms with Gasteiger partial charge in [0, 0.05) is 18.8 Å². The lowest BCUT2D eigenvalue weighted by molar-refractivity contribution is -0.121. The molecule has 1 N–H and O–H groups in total. The Morgan fingerprint density at radius 2 is 1.68 bits per heavy atom. The number of aliphatic imine (C=N–C) groups is 1. The van der Waals surface area contributed by atoms with Crippen molar-refractivity contribution in [3.63, 3.8) is 0 Å². The predicted molar refractivity (Wildman–Crippen MR) is 102 cm³/mol. The topological polar surface area (TPSA) is 81.6 Å². The van der Waals surface area contributed by atoms with Gasteiger partial charge in [0.2, 0.25) is 12.8 Å². The van der Waals surface area contributed by atoms with E-state index in [0.717, 1.165) is 11.3 Å². The van der Waals surface area contributed by atoms with Gasteiger partial charge in [-0.25, -0.2) is 4.99 Å². The second-order valence-corrected chi connectivity index (χ2v) is 6.43. The largest absolute Gasteiger partial charge is 0.486 e. The Hall–Kier alpha value is -3.68. The zero-order valence-electron chi connectivity index (χ0n) is 15.1. The molecule has 8 heteroatoms. The number of likely N-dealkylation sites (N-methyl/N-ethyl adjacent to an activating group) is 1. The van der Waals surface area contributed by atoms with Gasteiger partial charge in [-0.05, 0) is 35.9 Å². The first-order valence-electron chi connectivity index (χ1n) is 8.82. The molecule has 2 aromatic rings. The summed E-state index contributed by atoms with van der Waals surface area (Å²) >= 11 is 0. The molecular formula is C20H17N3O5. The van der Waals surface area contributed by atoms with Crippen LogP contribution in [0.5, 0.6) is 23.0 Å². The Morgan fingerprint density at radius 1 is 0.964 bits per heavy atom. The number of ether oxygens (including phenoxy) is 4. The molecule has 3 heterocycles. The zero-order valence-corrected chi connectivity index (χ0v) is 15.1. The van der Waals surface area contributed by atoms with Crippen LogP contribution in [0, 0.1) is 0 Å². The third-order valence-electron chi connectivity index (χ3n) is 4.57. The van der Waals surface area contributed by atoms with Gasteiger partial charge in [0.25, 0.3) is 5.91 Å². The Labute approximate surface area is 161 Å². The van der Waals surface area contributed by atoms with Gasteiger partial charge in [-0.15, -0.1) is 0 Å². The van der Waals surface area contributed by atoms with Crippen molar-refractivity contribution < 1.29 is 23.7 Å². The van der Waals surface area contributed by atoms with Crippen molar-refractivity contribution >= 4 is 23.6 Å². The van der Waals surface area contributed by atoms with Gasteiger partial charge in [0.05, 0.1) is 0 Å². The van der Waals surface area contributed by atoms with Crippen LogP contribution in [0.3, 0.4) is 0 Å². The van der Waals surface area contributed by atoms with Crippen molar-refractivity contribution in [3.8, 4) is 23.0 Å². The van der Waals surface area contributed by atoms with Crippen LogP contribution in [-0.2, 0) is 4.79 Å². The molecule has 0 saturated carbocycles. The number of anilines is 1. The predicted octanol–water partition coefficient (Wildman–Crippen LogP) is 2.47. The van der Waals surface area contributed by atoms with Crippen molar-refractivity contribution in [2.75, 3.05) is 32.4 Å². The summed E-state index contributed by atoms with van der Waals surface area (Å²) in [6.07, 6.45) is 1.72. The van der Waals surface area contributed by atoms with Crippen molar-refractivity contribution in [2.45, 2.75) is 0 Å². The second-order valence-electron chi connectivity index (χ2n) is 6.43. The highest BCUT2D eigenvalue weighted by atomic mass is 16.7. The Morgan fingerprint density at radius 3 is 2.57 bits per heavy atom. The fourth-order valence-corrected chi connectivity index (χ4v) is 3.12. The van der Waals surface area contributed by atoms with Gasteiger partial charge < -0.3 is 24.3 Å². The molecule has 0 atom stereocenters. The number of amides is 1. The molecule has 0 spiro atoms. The first kappa shape index (κ1) is 16.5. The van der Waals surface area contributed by atoms with Crippen LogP contribution in [-0.4, -0.2) is 43.8 Å². The monoisotopic (exact) mass is 379 g/mol. The summed E-state index contributed by atoms with van der Waals surface area (Å²) in [7, 11) is 1.67. The van der Waals surface area contributed by atoms with Crippen LogP contribution >= 0.6 is 0 Å². The highest BCUT2D eigenvalue weighted by Crippen LogP contribution is 2.34. The smallest absolute Gasteiger partial charge is 0.279 e. The molecule has 0 aromatic heterocycles. The number of rotatable bonds is 2. The van der Waals surface area contributed by atoms with Crippen molar-refractivity contribution in [3.05, 3.63) is 47.7 Å². The molecule has 0 radical (unpaired) electrons. The maximum Gasteiger partial charge on any atom is 0.279 e. The van der Waals surface area contributed by atoms with Crippen LogP contribution in [0.1, 0.15) is 5.56 Å². The second kappa shape index (κ2) is 6.49. The average molecular weight is 379 g/mol. The molecule has 0 fully saturated rings. The minimum absolute atomic E-state index is 0.197. The van der Waals surface area contributed by atoms with Crippen molar-refractivity contribution in [2.24, 2.45) is 4.99 Å². The Bertz CT molecular complexity index is 1030. The van der Waals surface area contributed by atoms with Gasteiger partial charge in [0.1, 0.15) is 18.9 Å². The summed E-state index contributed by atoms with van der Waals surface area (Å²) in [6, 6.07) is 11.0. The van der Waals surface area contributed by atoms with Crippen LogP contribution in [0.15, 0.2) is 47.1 Å². The average Bonchev–Trinajstić information content (AvgIpc) is 3.28. The number of carbonyl (C=O) groups is 1. The lowest BCUT2D eigenvalue weighted by Crippen LogP contribution is -2.32. The minimum Gasteiger partial charge on any atom is -0.486 e. The van der Waals surface area contributed by atoms with Gasteiger partial charge >= 0.3 is 0 Å². The minimum atomic E-state index is -0.197. The summed E-state index contributed by atoms with van der Waals surface area (Å²) < 4.78 is 21.8. The summed E-state index contributed by atoms with van der Waals surface area (Å²) in [5.74, 6) is 2.97. The van der Waals surface area contributed by atoms with E-state index in [-0.39, 0.29) is 12.7 Å². The molecule has 1 amide bonds. The molecule has 3 aliphatic rings. The fraction of sp³-hybridized carbons (Fsp3) is 0.200. The molecule has 0 bridgehead atoms. The van der Waals surface area contributed by atoms with E-state index in [4.69, 9.17) is 18.9 Å². The molecule has 142 valence electrons. The van der Waals surface area contributed by atoms with E-state index in [1.807, 2.05) is 36.4 Å². The molecule has 0 saturated heterocycles. The number of nitrogens with one attached hydrogen (secondary N) is 1. The van der Waals surface area contributed by atoms with E-state index < -0.39 is 0 Å². The molecule has 3 aliphatic heterocycles. The molecular weight excluding hydrogens is 362 g/mol. The van der Waals surface area contributed by atoms with Crippen molar-refractivity contribution in [1.29, 1.82) is 0 Å². The summed E-state index contributed by atoms with van der Waals surface area (Å²) in [6.45, 7) is 1.26. The molecule has 0 unspecified atom stereocenters. The van der Waals surface area contributed by atoms with Crippen LogP contribution in [0.25, 0.3) is 6.08 Å². The number of hydrogen-bond donors (Lipinski definition) is 1. The third-order valence-corrected chi connectivity index (χ3v) is 4.57. The zero-order chi connectivity index (χ0) is 19.1. The number of guanidine groups is 1. The lowest BCUT2D eigenvalue weighted by Gasteiger charge is -2.20. The van der Waals surface area contributed by atoms with E-state index in [0.29, 0.717) is 47.9 Å². The fourth-order valence-electron chi connectivity index (χ4n) is 3.12. The summed E-state index contributed by atoms with van der Waals surface area (Å²) in [5.41, 5.74) is 1.90. The lowest BCUT2D eigenvalue weighted by atomic mass is 10.1. The molecule has 0 aliphatic carbocycles. The van der Waals surface area contributed by atoms with Gasteiger partial charge in [-0.1, -0.05) is 6.07 Å². The SMILES string of the molecule is CN1C(=O)/C(=C\c2ccc3c(c2)OCO3)N=C1Nc1ccc2c(c1)OCCO2. The number of nitrogens with zero attached hydrogens (tertiary/aromatic N) is 2. The van der Waals surface area contributed by atoms with Crippen LogP contribution in [0.2, 0.25) is 0 Å². The van der Waals surface area contributed by atoms with Crippen LogP contribution in [0.4, 0.5) is 5.69 Å². The van der Waals surface area contributed by atoms with E-state index >= 15 is 0 Å². The Kier molecular flexibility index (Phi) is 3.82. The van der Waals surface area contributed by atoms with Gasteiger partial charge in [0.15, 0.2) is 23.0 Å². The Balaban J connectivity index is 1.40. The highest BCUT2D eigenvalue weighted by molar-refractivity contribution is 6.17. The molecule has 28 heavy (non-hydrogen) atoms.